The zero-order valence-corrected chi connectivity index (χ0v) is 18.2. The maximum atomic E-state index is 12.6. The Labute approximate surface area is 173 Å². The molecule has 2 aromatic rings. The summed E-state index contributed by atoms with van der Waals surface area (Å²) < 4.78 is 11.9. The summed E-state index contributed by atoms with van der Waals surface area (Å²) in [6.45, 7) is 5.52. The zero-order chi connectivity index (χ0) is 20.5. The average molecular weight is 449 g/mol. The molecule has 1 aromatic carbocycles. The number of halogens is 1. The number of rotatable bonds is 4. The minimum absolute atomic E-state index is 0.00753. The summed E-state index contributed by atoms with van der Waals surface area (Å²) in [6.07, 6.45) is 3.96. The lowest BCUT2D eigenvalue weighted by Gasteiger charge is -2.27. The number of hydrogen-bond donors (Lipinski definition) is 0. The van der Waals surface area contributed by atoms with Crippen LogP contribution in [-0.4, -0.2) is 29.7 Å². The Bertz CT molecular complexity index is 903. The summed E-state index contributed by atoms with van der Waals surface area (Å²) in [5.74, 6) is -0.191. The molecule has 1 amide bonds. The Balaban J connectivity index is 1.95. The lowest BCUT2D eigenvalue weighted by Crippen LogP contribution is -2.35. The lowest BCUT2D eigenvalue weighted by atomic mass is 9.86. The van der Waals surface area contributed by atoms with Crippen molar-refractivity contribution in [2.24, 2.45) is 5.92 Å². The first-order chi connectivity index (χ1) is 13.2. The van der Waals surface area contributed by atoms with E-state index in [-0.39, 0.29) is 18.5 Å². The van der Waals surface area contributed by atoms with Gasteiger partial charge >= 0.3 is 12.1 Å². The van der Waals surface area contributed by atoms with E-state index in [2.05, 4.69) is 20.9 Å². The minimum Gasteiger partial charge on any atom is -0.460 e. The summed E-state index contributed by atoms with van der Waals surface area (Å²) in [4.78, 5) is 30.7. The maximum absolute atomic E-state index is 12.6. The van der Waals surface area contributed by atoms with Gasteiger partial charge in [0.2, 0.25) is 0 Å². The van der Waals surface area contributed by atoms with Gasteiger partial charge in [-0.2, -0.15) is 0 Å². The standard InChI is InChI=1S/C21H25BrN2O4/c1-21(2,3)28-20(26)24(4)18-11-23-17-9-8-14(22)10-15(17)16(18)12-27-19(25)13-6-5-7-13/h8-11,13H,5-7,12H2,1-4H3. The van der Waals surface area contributed by atoms with Gasteiger partial charge < -0.3 is 9.47 Å². The number of nitrogens with zero attached hydrogens (tertiary/aromatic N) is 2. The van der Waals surface area contributed by atoms with Gasteiger partial charge in [0.25, 0.3) is 0 Å². The predicted molar refractivity (Wildman–Crippen MR) is 111 cm³/mol. The zero-order valence-electron chi connectivity index (χ0n) is 16.6. The largest absolute Gasteiger partial charge is 0.460 e. The van der Waals surface area contributed by atoms with E-state index >= 15 is 0 Å². The summed E-state index contributed by atoms with van der Waals surface area (Å²) in [5, 5.41) is 0.823. The van der Waals surface area contributed by atoms with Crippen molar-refractivity contribution >= 4 is 44.6 Å². The van der Waals surface area contributed by atoms with E-state index in [1.54, 1.807) is 13.2 Å². The number of carbonyl (C=O) groups excluding carboxylic acids is 2. The van der Waals surface area contributed by atoms with E-state index in [1.165, 1.54) is 4.90 Å². The summed E-state index contributed by atoms with van der Waals surface area (Å²) in [5.41, 5.74) is 1.43. The molecular formula is C21H25BrN2O4. The van der Waals surface area contributed by atoms with Crippen molar-refractivity contribution in [3.63, 3.8) is 0 Å². The molecule has 0 saturated heterocycles. The molecule has 0 atom stereocenters. The number of amides is 1. The highest BCUT2D eigenvalue weighted by molar-refractivity contribution is 9.10. The molecule has 0 unspecified atom stereocenters. The van der Waals surface area contributed by atoms with Crippen molar-refractivity contribution in [1.82, 2.24) is 4.98 Å². The maximum Gasteiger partial charge on any atom is 0.414 e. The van der Waals surface area contributed by atoms with Gasteiger partial charge in [0.05, 0.1) is 23.3 Å². The van der Waals surface area contributed by atoms with Crippen LogP contribution in [0.5, 0.6) is 0 Å². The summed E-state index contributed by atoms with van der Waals surface area (Å²) in [7, 11) is 1.63. The molecular weight excluding hydrogens is 424 g/mol. The summed E-state index contributed by atoms with van der Waals surface area (Å²) >= 11 is 3.48. The van der Waals surface area contributed by atoms with Crippen molar-refractivity contribution in [3.8, 4) is 0 Å². The van der Waals surface area contributed by atoms with Gasteiger partial charge in [-0.05, 0) is 51.8 Å². The van der Waals surface area contributed by atoms with Crippen LogP contribution in [0.2, 0.25) is 0 Å². The third kappa shape index (κ3) is 4.63. The molecule has 1 aliphatic carbocycles. The number of pyridine rings is 1. The number of ether oxygens (including phenoxy) is 2. The fourth-order valence-corrected chi connectivity index (χ4v) is 3.34. The van der Waals surface area contributed by atoms with Gasteiger partial charge in [-0.25, -0.2) is 4.79 Å². The van der Waals surface area contributed by atoms with Gasteiger partial charge in [-0.1, -0.05) is 22.4 Å². The predicted octanol–water partition coefficient (Wildman–Crippen LogP) is 5.21. The third-order valence-electron chi connectivity index (χ3n) is 4.74. The van der Waals surface area contributed by atoms with E-state index in [0.29, 0.717) is 5.69 Å². The molecule has 150 valence electrons. The van der Waals surface area contributed by atoms with Crippen molar-refractivity contribution in [2.45, 2.75) is 52.2 Å². The van der Waals surface area contributed by atoms with Gasteiger partial charge in [0.15, 0.2) is 0 Å². The molecule has 0 spiro atoms. The molecule has 7 heteroatoms. The Morgan fingerprint density at radius 2 is 2.00 bits per heavy atom. The second-order valence-corrected chi connectivity index (χ2v) is 8.97. The smallest absolute Gasteiger partial charge is 0.414 e. The first-order valence-corrected chi connectivity index (χ1v) is 10.2. The molecule has 0 aliphatic heterocycles. The van der Waals surface area contributed by atoms with Crippen LogP contribution in [-0.2, 0) is 20.9 Å². The average Bonchev–Trinajstić information content (AvgIpc) is 2.55. The van der Waals surface area contributed by atoms with E-state index in [1.807, 2.05) is 39.0 Å². The first kappa shape index (κ1) is 20.6. The first-order valence-electron chi connectivity index (χ1n) is 9.36. The molecule has 1 heterocycles. The highest BCUT2D eigenvalue weighted by Crippen LogP contribution is 2.32. The van der Waals surface area contributed by atoms with Crippen LogP contribution in [0, 0.1) is 5.92 Å². The minimum atomic E-state index is -0.616. The Morgan fingerprint density at radius 3 is 2.61 bits per heavy atom. The number of benzene rings is 1. The SMILES string of the molecule is CN(C(=O)OC(C)(C)C)c1cnc2ccc(Br)cc2c1COC(=O)C1CCC1. The van der Waals surface area contributed by atoms with Crippen LogP contribution in [0.3, 0.4) is 0 Å². The molecule has 28 heavy (non-hydrogen) atoms. The van der Waals surface area contributed by atoms with Gasteiger partial charge in [-0.3, -0.25) is 14.7 Å². The number of carbonyl (C=O) groups is 2. The highest BCUT2D eigenvalue weighted by Gasteiger charge is 2.28. The van der Waals surface area contributed by atoms with Gasteiger partial charge in [-0.15, -0.1) is 0 Å². The Hall–Kier alpha value is -2.15. The number of hydrogen-bond acceptors (Lipinski definition) is 5. The van der Waals surface area contributed by atoms with Crippen LogP contribution >= 0.6 is 15.9 Å². The number of fused-ring (bicyclic) bond motifs is 1. The molecule has 1 aromatic heterocycles. The molecule has 0 bridgehead atoms. The number of aromatic nitrogens is 1. The monoisotopic (exact) mass is 448 g/mol. The molecule has 0 radical (unpaired) electrons. The van der Waals surface area contributed by atoms with Crippen molar-refractivity contribution in [3.05, 3.63) is 34.4 Å². The van der Waals surface area contributed by atoms with Crippen molar-refractivity contribution in [1.29, 1.82) is 0 Å². The van der Waals surface area contributed by atoms with Crippen molar-refractivity contribution < 1.29 is 19.1 Å². The van der Waals surface area contributed by atoms with E-state index in [4.69, 9.17) is 9.47 Å². The quantitative estimate of drug-likeness (QED) is 0.600. The lowest BCUT2D eigenvalue weighted by molar-refractivity contribution is -0.152. The second-order valence-electron chi connectivity index (χ2n) is 8.06. The molecule has 1 aliphatic rings. The second kappa shape index (κ2) is 8.07. The third-order valence-corrected chi connectivity index (χ3v) is 5.24. The molecule has 0 N–H and O–H groups in total. The van der Waals surface area contributed by atoms with Crippen LogP contribution in [0.15, 0.2) is 28.9 Å². The summed E-state index contributed by atoms with van der Waals surface area (Å²) in [6, 6.07) is 5.70. The highest BCUT2D eigenvalue weighted by atomic mass is 79.9. The van der Waals surface area contributed by atoms with Crippen LogP contribution < -0.4 is 4.90 Å². The topological polar surface area (TPSA) is 68.7 Å². The van der Waals surface area contributed by atoms with Crippen LogP contribution in [0.4, 0.5) is 10.5 Å². The molecule has 1 fully saturated rings. The Kier molecular flexibility index (Phi) is 5.93. The van der Waals surface area contributed by atoms with Gasteiger partial charge in [0, 0.05) is 22.5 Å². The van der Waals surface area contributed by atoms with E-state index in [0.717, 1.165) is 40.2 Å². The fraction of sp³-hybridized carbons (Fsp3) is 0.476. The van der Waals surface area contributed by atoms with Gasteiger partial charge in [0.1, 0.15) is 12.2 Å². The van der Waals surface area contributed by atoms with E-state index in [9.17, 15) is 9.59 Å². The van der Waals surface area contributed by atoms with E-state index < -0.39 is 11.7 Å². The van der Waals surface area contributed by atoms with Crippen LogP contribution in [0.1, 0.15) is 45.6 Å². The Morgan fingerprint density at radius 1 is 1.29 bits per heavy atom. The number of anilines is 1. The molecule has 1 saturated carbocycles. The normalized spacial score (nSPS) is 14.5. The molecule has 6 nitrogen and oxygen atoms in total. The molecule has 3 rings (SSSR count). The van der Waals surface area contributed by atoms with Crippen molar-refractivity contribution in [2.75, 3.05) is 11.9 Å². The fourth-order valence-electron chi connectivity index (χ4n) is 2.98. The number of esters is 1. The van der Waals surface area contributed by atoms with Crippen LogP contribution in [0.25, 0.3) is 10.9 Å².